The highest BCUT2D eigenvalue weighted by atomic mass is 32.3. The largest absolute Gasteiger partial charge is 0.394 e. The molecule has 0 aromatic heterocycles. The Morgan fingerprint density at radius 2 is 0.941 bits per heavy atom. The van der Waals surface area contributed by atoms with E-state index < -0.39 is 48.0 Å². The molecule has 0 spiro atoms. The first kappa shape index (κ1) is 19.0. The third-order valence-electron chi connectivity index (χ3n) is 1.51. The molecule has 0 fully saturated rings. The standard InChI is InChI=1S/C6H14O6.H2O4S/c7-1-3(9)5(11)6(12)4(10)2-8;1-5(2,3)4/h3-12H,1-2H2;(H2,1,2,3,4)/t3-,4+,5-,6-;/m1./s1. The summed E-state index contributed by atoms with van der Waals surface area (Å²) in [6.45, 7) is -1.45. The topological polar surface area (TPSA) is 196 Å². The number of hydrogen-bond donors (Lipinski definition) is 8. The minimum Gasteiger partial charge on any atom is -0.394 e. The fourth-order valence-corrected chi connectivity index (χ4v) is 0.671. The Hall–Kier alpha value is -0.370. The normalized spacial score (nSPS) is 18.6. The van der Waals surface area contributed by atoms with Gasteiger partial charge in [-0.3, -0.25) is 9.11 Å². The van der Waals surface area contributed by atoms with Crippen LogP contribution in [-0.2, 0) is 10.4 Å². The lowest BCUT2D eigenvalue weighted by Crippen LogP contribution is -2.46. The van der Waals surface area contributed by atoms with Gasteiger partial charge in [0, 0.05) is 0 Å². The van der Waals surface area contributed by atoms with Gasteiger partial charge in [0.05, 0.1) is 13.2 Å². The minimum absolute atomic E-state index is 0.726. The van der Waals surface area contributed by atoms with Crippen molar-refractivity contribution in [1.29, 1.82) is 0 Å². The predicted octanol–water partition coefficient (Wildman–Crippen LogP) is -4.24. The Labute approximate surface area is 97.0 Å². The molecule has 0 amide bonds. The molecule has 0 saturated heterocycles. The molecule has 8 N–H and O–H groups in total. The van der Waals surface area contributed by atoms with Crippen LogP contribution in [0.4, 0.5) is 0 Å². The molecule has 0 rings (SSSR count). The molecule has 4 atom stereocenters. The molecular weight excluding hydrogens is 264 g/mol. The summed E-state index contributed by atoms with van der Waals surface area (Å²) in [5, 5.41) is 52.2. The maximum Gasteiger partial charge on any atom is 0.394 e. The van der Waals surface area contributed by atoms with Crippen molar-refractivity contribution in [3.63, 3.8) is 0 Å². The summed E-state index contributed by atoms with van der Waals surface area (Å²) in [4.78, 5) is 0. The Morgan fingerprint density at radius 1 is 0.765 bits per heavy atom. The molecule has 0 radical (unpaired) electrons. The third-order valence-corrected chi connectivity index (χ3v) is 1.51. The van der Waals surface area contributed by atoms with Crippen LogP contribution in [0.2, 0.25) is 0 Å². The zero-order chi connectivity index (χ0) is 14.2. The van der Waals surface area contributed by atoms with Crippen LogP contribution in [0.25, 0.3) is 0 Å². The van der Waals surface area contributed by atoms with Crippen molar-refractivity contribution in [2.75, 3.05) is 13.2 Å². The molecule has 0 unspecified atom stereocenters. The minimum atomic E-state index is -4.67. The lowest BCUT2D eigenvalue weighted by Gasteiger charge is -2.24. The summed E-state index contributed by atoms with van der Waals surface area (Å²) in [5.41, 5.74) is 0. The molecule has 0 saturated carbocycles. The zero-order valence-electron chi connectivity index (χ0n) is 8.53. The van der Waals surface area contributed by atoms with Crippen molar-refractivity contribution in [2.45, 2.75) is 24.4 Å². The molecule has 0 aliphatic carbocycles. The van der Waals surface area contributed by atoms with Crippen molar-refractivity contribution >= 4 is 10.4 Å². The Balaban J connectivity index is 0. The van der Waals surface area contributed by atoms with Crippen LogP contribution in [0.15, 0.2) is 0 Å². The highest BCUT2D eigenvalue weighted by Crippen LogP contribution is 2.03. The number of aliphatic hydroxyl groups is 6. The third kappa shape index (κ3) is 11.9. The first-order valence-corrected chi connectivity index (χ1v) is 5.58. The van der Waals surface area contributed by atoms with Gasteiger partial charge in [0.1, 0.15) is 24.4 Å². The molecule has 17 heavy (non-hydrogen) atoms. The van der Waals surface area contributed by atoms with Gasteiger partial charge in [0.25, 0.3) is 0 Å². The predicted molar refractivity (Wildman–Crippen MR) is 52.4 cm³/mol. The van der Waals surface area contributed by atoms with E-state index in [9.17, 15) is 0 Å². The maximum absolute atomic E-state index is 8.96. The number of rotatable bonds is 5. The van der Waals surface area contributed by atoms with Gasteiger partial charge in [-0.1, -0.05) is 0 Å². The van der Waals surface area contributed by atoms with E-state index in [1.54, 1.807) is 0 Å². The van der Waals surface area contributed by atoms with Gasteiger partial charge >= 0.3 is 10.4 Å². The van der Waals surface area contributed by atoms with Crippen LogP contribution in [-0.4, -0.2) is 85.8 Å². The lowest BCUT2D eigenvalue weighted by atomic mass is 10.0. The van der Waals surface area contributed by atoms with Crippen LogP contribution >= 0.6 is 0 Å². The quantitative estimate of drug-likeness (QED) is 0.228. The zero-order valence-corrected chi connectivity index (χ0v) is 9.34. The first-order chi connectivity index (χ1) is 7.54. The van der Waals surface area contributed by atoms with Crippen LogP contribution < -0.4 is 0 Å². The Bertz CT molecular complexity index is 255. The summed E-state index contributed by atoms with van der Waals surface area (Å²) >= 11 is 0. The van der Waals surface area contributed by atoms with Gasteiger partial charge in [-0.2, -0.15) is 8.42 Å². The molecule has 10 nitrogen and oxygen atoms in total. The van der Waals surface area contributed by atoms with Gasteiger partial charge < -0.3 is 30.6 Å². The summed E-state index contributed by atoms with van der Waals surface area (Å²) in [6.07, 6.45) is -6.39. The van der Waals surface area contributed by atoms with Gasteiger partial charge in [-0.25, -0.2) is 0 Å². The fourth-order valence-electron chi connectivity index (χ4n) is 0.671. The monoisotopic (exact) mass is 280 g/mol. The second-order valence-electron chi connectivity index (χ2n) is 2.93. The van der Waals surface area contributed by atoms with Crippen molar-refractivity contribution < 1.29 is 48.2 Å². The molecule has 0 aromatic rings. The van der Waals surface area contributed by atoms with E-state index in [1.807, 2.05) is 0 Å². The Morgan fingerprint density at radius 3 is 1.06 bits per heavy atom. The molecular formula is C6H16O10S. The van der Waals surface area contributed by atoms with Crippen molar-refractivity contribution in [3.05, 3.63) is 0 Å². The molecule has 0 aliphatic rings. The summed E-state index contributed by atoms with van der Waals surface area (Å²) in [6, 6.07) is 0. The van der Waals surface area contributed by atoms with Gasteiger partial charge in [-0.15, -0.1) is 0 Å². The molecule has 0 aliphatic heterocycles. The average molecular weight is 280 g/mol. The molecule has 106 valence electrons. The van der Waals surface area contributed by atoms with E-state index in [0.717, 1.165) is 0 Å². The SMILES string of the molecule is O=S(=O)(O)O.OC[C@@H](O)[C@@H](O)[C@H](O)[C@@H](O)CO. The van der Waals surface area contributed by atoms with Crippen LogP contribution in [0.1, 0.15) is 0 Å². The van der Waals surface area contributed by atoms with E-state index in [0.29, 0.717) is 0 Å². The van der Waals surface area contributed by atoms with Crippen molar-refractivity contribution in [1.82, 2.24) is 0 Å². The summed E-state index contributed by atoms with van der Waals surface area (Å²) < 4.78 is 31.6. The fraction of sp³-hybridized carbons (Fsp3) is 1.00. The summed E-state index contributed by atoms with van der Waals surface area (Å²) in [7, 11) is -4.67. The second kappa shape index (κ2) is 8.68. The van der Waals surface area contributed by atoms with Crippen molar-refractivity contribution in [3.8, 4) is 0 Å². The number of hydrogen-bond acceptors (Lipinski definition) is 8. The maximum atomic E-state index is 8.96. The lowest BCUT2D eigenvalue weighted by molar-refractivity contribution is -0.123. The van der Waals surface area contributed by atoms with Gasteiger partial charge in [0.15, 0.2) is 0 Å². The first-order valence-electron chi connectivity index (χ1n) is 4.18. The molecule has 0 bridgehead atoms. The smallest absolute Gasteiger partial charge is 0.394 e. The highest BCUT2D eigenvalue weighted by Gasteiger charge is 2.29. The second-order valence-corrected chi connectivity index (χ2v) is 3.82. The summed E-state index contributed by atoms with van der Waals surface area (Å²) in [5.74, 6) is 0. The highest BCUT2D eigenvalue weighted by molar-refractivity contribution is 7.79. The van der Waals surface area contributed by atoms with Crippen LogP contribution in [0.5, 0.6) is 0 Å². The van der Waals surface area contributed by atoms with Crippen molar-refractivity contribution in [2.24, 2.45) is 0 Å². The molecule has 11 heteroatoms. The number of aliphatic hydroxyl groups excluding tert-OH is 6. The van der Waals surface area contributed by atoms with Crippen LogP contribution in [0, 0.1) is 0 Å². The van der Waals surface area contributed by atoms with E-state index in [-0.39, 0.29) is 0 Å². The molecule has 0 heterocycles. The van der Waals surface area contributed by atoms with E-state index in [2.05, 4.69) is 0 Å². The average Bonchev–Trinajstić information content (AvgIpc) is 2.22. The van der Waals surface area contributed by atoms with Gasteiger partial charge in [-0.05, 0) is 0 Å². The van der Waals surface area contributed by atoms with Gasteiger partial charge in [0.2, 0.25) is 0 Å². The Kier molecular flexibility index (Phi) is 9.69. The van der Waals surface area contributed by atoms with E-state index in [4.69, 9.17) is 48.2 Å². The van der Waals surface area contributed by atoms with Crippen LogP contribution in [0.3, 0.4) is 0 Å². The molecule has 0 aromatic carbocycles. The van der Waals surface area contributed by atoms with E-state index in [1.165, 1.54) is 0 Å². The van der Waals surface area contributed by atoms with E-state index >= 15 is 0 Å².